The van der Waals surface area contributed by atoms with Crippen LogP contribution in [0.15, 0.2) is 28.7 Å². The molecular weight excluding hydrogens is 326 g/mol. The van der Waals surface area contributed by atoms with Crippen LogP contribution in [-0.2, 0) is 11.2 Å². The molecule has 120 valence electrons. The van der Waals surface area contributed by atoms with Crippen LogP contribution in [0, 0.1) is 5.92 Å². The standard InChI is InChI=1S/C18H30BrNO/c1-5-21-12-6-7-16(14-20-18(2,3)4)13-15-8-10-17(19)11-9-15/h8-11,16,20H,5-7,12-14H2,1-4H3. The van der Waals surface area contributed by atoms with E-state index >= 15 is 0 Å². The molecule has 0 spiro atoms. The molecule has 0 radical (unpaired) electrons. The van der Waals surface area contributed by atoms with E-state index in [2.05, 4.69) is 73.2 Å². The smallest absolute Gasteiger partial charge is 0.0466 e. The van der Waals surface area contributed by atoms with Crippen molar-refractivity contribution < 1.29 is 4.74 Å². The third-order valence-corrected chi connectivity index (χ3v) is 3.99. The van der Waals surface area contributed by atoms with Gasteiger partial charge in [-0.05, 0) is 77.1 Å². The second-order valence-corrected chi connectivity index (χ2v) is 7.58. The first-order chi connectivity index (χ1) is 9.90. The minimum Gasteiger partial charge on any atom is -0.382 e. The molecule has 1 N–H and O–H groups in total. The first-order valence-electron chi connectivity index (χ1n) is 7.98. The summed E-state index contributed by atoms with van der Waals surface area (Å²) in [6.45, 7) is 11.5. The third-order valence-electron chi connectivity index (χ3n) is 3.46. The minimum absolute atomic E-state index is 0.178. The van der Waals surface area contributed by atoms with E-state index in [-0.39, 0.29) is 5.54 Å². The number of ether oxygens (including phenoxy) is 1. The van der Waals surface area contributed by atoms with Gasteiger partial charge in [0.2, 0.25) is 0 Å². The Balaban J connectivity index is 2.51. The van der Waals surface area contributed by atoms with Crippen LogP contribution in [-0.4, -0.2) is 25.3 Å². The molecule has 1 aromatic rings. The van der Waals surface area contributed by atoms with Crippen molar-refractivity contribution in [3.63, 3.8) is 0 Å². The maximum Gasteiger partial charge on any atom is 0.0466 e. The van der Waals surface area contributed by atoms with Crippen LogP contribution in [0.25, 0.3) is 0 Å². The molecule has 0 aliphatic heterocycles. The summed E-state index contributed by atoms with van der Waals surface area (Å²) in [6, 6.07) is 8.70. The van der Waals surface area contributed by atoms with E-state index in [4.69, 9.17) is 4.74 Å². The van der Waals surface area contributed by atoms with Gasteiger partial charge in [0.05, 0.1) is 0 Å². The van der Waals surface area contributed by atoms with Gasteiger partial charge in [0, 0.05) is 23.2 Å². The van der Waals surface area contributed by atoms with Crippen LogP contribution in [0.3, 0.4) is 0 Å². The average molecular weight is 356 g/mol. The number of hydrogen-bond acceptors (Lipinski definition) is 2. The second kappa shape index (κ2) is 9.60. The molecule has 0 aliphatic rings. The highest BCUT2D eigenvalue weighted by Gasteiger charge is 2.14. The molecule has 21 heavy (non-hydrogen) atoms. The van der Waals surface area contributed by atoms with Gasteiger partial charge in [-0.3, -0.25) is 0 Å². The third kappa shape index (κ3) is 9.28. The molecule has 3 heteroatoms. The predicted molar refractivity (Wildman–Crippen MR) is 94.8 cm³/mol. The van der Waals surface area contributed by atoms with Crippen LogP contribution in [0.5, 0.6) is 0 Å². The van der Waals surface area contributed by atoms with Crippen LogP contribution in [0.1, 0.15) is 46.1 Å². The molecule has 1 unspecified atom stereocenters. The van der Waals surface area contributed by atoms with Gasteiger partial charge in [0.15, 0.2) is 0 Å². The Bertz CT molecular complexity index is 383. The summed E-state index contributed by atoms with van der Waals surface area (Å²) in [4.78, 5) is 0. The number of nitrogens with one attached hydrogen (secondary N) is 1. The first kappa shape index (κ1) is 18.7. The van der Waals surface area contributed by atoms with Crippen molar-refractivity contribution in [2.45, 2.75) is 52.5 Å². The maximum absolute atomic E-state index is 5.47. The lowest BCUT2D eigenvalue weighted by atomic mass is 9.93. The first-order valence-corrected chi connectivity index (χ1v) is 8.77. The average Bonchev–Trinajstić information content (AvgIpc) is 2.42. The Morgan fingerprint density at radius 3 is 2.43 bits per heavy atom. The van der Waals surface area contributed by atoms with Gasteiger partial charge in [-0.1, -0.05) is 28.1 Å². The number of benzene rings is 1. The van der Waals surface area contributed by atoms with Crippen LogP contribution >= 0.6 is 15.9 Å². The molecule has 0 aromatic heterocycles. The fourth-order valence-corrected chi connectivity index (χ4v) is 2.56. The largest absolute Gasteiger partial charge is 0.382 e. The summed E-state index contributed by atoms with van der Waals surface area (Å²) >= 11 is 3.50. The van der Waals surface area contributed by atoms with Gasteiger partial charge in [-0.2, -0.15) is 0 Å². The van der Waals surface area contributed by atoms with Gasteiger partial charge in [-0.25, -0.2) is 0 Å². The van der Waals surface area contributed by atoms with Crippen molar-refractivity contribution >= 4 is 15.9 Å². The second-order valence-electron chi connectivity index (χ2n) is 6.67. The van der Waals surface area contributed by atoms with Crippen molar-refractivity contribution in [2.24, 2.45) is 5.92 Å². The van der Waals surface area contributed by atoms with Gasteiger partial charge < -0.3 is 10.1 Å². The Hall–Kier alpha value is -0.380. The van der Waals surface area contributed by atoms with E-state index in [1.165, 1.54) is 12.0 Å². The molecule has 1 aromatic carbocycles. The van der Waals surface area contributed by atoms with E-state index in [9.17, 15) is 0 Å². The fourth-order valence-electron chi connectivity index (χ4n) is 2.30. The Kier molecular flexibility index (Phi) is 8.53. The molecule has 0 fully saturated rings. The molecule has 0 saturated carbocycles. The van der Waals surface area contributed by atoms with Gasteiger partial charge >= 0.3 is 0 Å². The Labute approximate surface area is 138 Å². The molecule has 1 rings (SSSR count). The molecular formula is C18H30BrNO. The minimum atomic E-state index is 0.178. The van der Waals surface area contributed by atoms with Crippen molar-refractivity contribution in [3.05, 3.63) is 34.3 Å². The quantitative estimate of drug-likeness (QED) is 0.641. The van der Waals surface area contributed by atoms with Gasteiger partial charge in [-0.15, -0.1) is 0 Å². The summed E-state index contributed by atoms with van der Waals surface area (Å²) in [5.74, 6) is 0.658. The van der Waals surface area contributed by atoms with Gasteiger partial charge in [0.25, 0.3) is 0 Å². The fraction of sp³-hybridized carbons (Fsp3) is 0.667. The van der Waals surface area contributed by atoms with Crippen molar-refractivity contribution in [1.29, 1.82) is 0 Å². The highest BCUT2D eigenvalue weighted by molar-refractivity contribution is 9.10. The lowest BCUT2D eigenvalue weighted by Crippen LogP contribution is -2.39. The SMILES string of the molecule is CCOCCCC(CNC(C)(C)C)Cc1ccc(Br)cc1. The van der Waals surface area contributed by atoms with Crippen molar-refractivity contribution in [3.8, 4) is 0 Å². The molecule has 2 nitrogen and oxygen atoms in total. The Morgan fingerprint density at radius 2 is 1.86 bits per heavy atom. The highest BCUT2D eigenvalue weighted by atomic mass is 79.9. The van der Waals surface area contributed by atoms with Crippen LogP contribution in [0.4, 0.5) is 0 Å². The Morgan fingerprint density at radius 1 is 1.19 bits per heavy atom. The van der Waals surface area contributed by atoms with E-state index in [1.54, 1.807) is 0 Å². The monoisotopic (exact) mass is 355 g/mol. The topological polar surface area (TPSA) is 21.3 Å². The summed E-state index contributed by atoms with van der Waals surface area (Å²) in [7, 11) is 0. The molecule has 0 aliphatic carbocycles. The zero-order chi connectivity index (χ0) is 15.7. The normalized spacial score (nSPS) is 13.4. The van der Waals surface area contributed by atoms with Crippen LogP contribution < -0.4 is 5.32 Å². The molecule has 0 saturated heterocycles. The lowest BCUT2D eigenvalue weighted by molar-refractivity contribution is 0.138. The molecule has 0 bridgehead atoms. The zero-order valence-corrected chi connectivity index (χ0v) is 15.5. The van der Waals surface area contributed by atoms with Crippen molar-refractivity contribution in [2.75, 3.05) is 19.8 Å². The summed E-state index contributed by atoms with van der Waals surface area (Å²) in [5.41, 5.74) is 1.59. The van der Waals surface area contributed by atoms with E-state index in [0.717, 1.165) is 37.1 Å². The molecule has 0 heterocycles. The maximum atomic E-state index is 5.47. The van der Waals surface area contributed by atoms with Crippen LogP contribution in [0.2, 0.25) is 0 Å². The summed E-state index contributed by atoms with van der Waals surface area (Å²) in [6.07, 6.45) is 3.47. The predicted octanol–water partition coefficient (Wildman–Crippen LogP) is 4.81. The summed E-state index contributed by atoms with van der Waals surface area (Å²) in [5, 5.41) is 3.64. The van der Waals surface area contributed by atoms with E-state index in [0.29, 0.717) is 5.92 Å². The molecule has 1 atom stereocenters. The number of rotatable bonds is 9. The highest BCUT2D eigenvalue weighted by Crippen LogP contribution is 2.17. The summed E-state index contributed by atoms with van der Waals surface area (Å²) < 4.78 is 6.61. The zero-order valence-electron chi connectivity index (χ0n) is 13.9. The number of hydrogen-bond donors (Lipinski definition) is 1. The van der Waals surface area contributed by atoms with E-state index in [1.807, 2.05) is 0 Å². The van der Waals surface area contributed by atoms with E-state index < -0.39 is 0 Å². The van der Waals surface area contributed by atoms with Gasteiger partial charge in [0.1, 0.15) is 0 Å². The number of halogens is 1. The lowest BCUT2D eigenvalue weighted by Gasteiger charge is -2.25. The van der Waals surface area contributed by atoms with Crippen molar-refractivity contribution in [1.82, 2.24) is 5.32 Å². The molecule has 0 amide bonds.